The first kappa shape index (κ1) is 30.0. The number of ether oxygens (including phenoxy) is 1. The maximum Gasteiger partial charge on any atom is 0.247 e. The molecule has 0 saturated carbocycles. The smallest absolute Gasteiger partial charge is 0.247 e. The van der Waals surface area contributed by atoms with E-state index in [1.54, 1.807) is 18.2 Å². The van der Waals surface area contributed by atoms with Crippen molar-refractivity contribution in [2.75, 3.05) is 85.3 Å². The van der Waals surface area contributed by atoms with Crippen molar-refractivity contribution in [3.63, 3.8) is 0 Å². The molecule has 10 nitrogen and oxygen atoms in total. The Bertz CT molecular complexity index is 1670. The second-order valence-corrected chi connectivity index (χ2v) is 11.1. The molecule has 0 radical (unpaired) electrons. The summed E-state index contributed by atoms with van der Waals surface area (Å²) in [6, 6.07) is 22.5. The van der Waals surface area contributed by atoms with Crippen LogP contribution in [0, 0.1) is 5.82 Å². The third-order valence-electron chi connectivity index (χ3n) is 7.88. The molecule has 0 bridgehead atoms. The average molecular weight is 609 g/mol. The number of hydrogen-bond donors (Lipinski definition) is 3. The molecule has 3 aromatic carbocycles. The Hall–Kier alpha value is -5.00. The van der Waals surface area contributed by atoms with Crippen LogP contribution < -0.4 is 25.8 Å². The molecule has 2 fully saturated rings. The molecule has 3 N–H and O–H groups in total. The predicted octanol–water partition coefficient (Wildman–Crippen LogP) is 5.48. The van der Waals surface area contributed by atoms with Gasteiger partial charge in [0.05, 0.1) is 24.6 Å². The minimum atomic E-state index is -0.319. The topological polar surface area (TPSA) is 97.9 Å². The van der Waals surface area contributed by atoms with Gasteiger partial charge in [0.15, 0.2) is 0 Å². The van der Waals surface area contributed by atoms with Crippen LogP contribution in [0.1, 0.15) is 0 Å². The van der Waals surface area contributed by atoms with Gasteiger partial charge in [-0.1, -0.05) is 24.8 Å². The zero-order valence-electron chi connectivity index (χ0n) is 25.3. The summed E-state index contributed by atoms with van der Waals surface area (Å²) >= 11 is 0. The number of morpholine rings is 1. The molecule has 45 heavy (non-hydrogen) atoms. The number of halogens is 1. The number of carbonyl (C=O) groups excluding carboxylic acids is 1. The number of anilines is 7. The Morgan fingerprint density at radius 2 is 1.60 bits per heavy atom. The van der Waals surface area contributed by atoms with Gasteiger partial charge in [-0.05, 0) is 61.7 Å². The highest BCUT2D eigenvalue weighted by Gasteiger charge is 2.17. The summed E-state index contributed by atoms with van der Waals surface area (Å²) in [5.74, 6) is 0.233. The van der Waals surface area contributed by atoms with Gasteiger partial charge < -0.3 is 35.4 Å². The normalized spacial score (nSPS) is 15.4. The van der Waals surface area contributed by atoms with Crippen LogP contribution in [0.4, 0.5) is 44.6 Å². The summed E-state index contributed by atoms with van der Waals surface area (Å²) in [5.41, 5.74) is 5.08. The lowest BCUT2D eigenvalue weighted by atomic mass is 10.1. The van der Waals surface area contributed by atoms with Crippen molar-refractivity contribution in [1.82, 2.24) is 14.9 Å². The number of nitrogens with one attached hydrogen (secondary N) is 3. The molecule has 2 saturated heterocycles. The zero-order valence-corrected chi connectivity index (χ0v) is 25.3. The van der Waals surface area contributed by atoms with Crippen LogP contribution in [0.25, 0.3) is 11.3 Å². The van der Waals surface area contributed by atoms with Crippen molar-refractivity contribution in [3.8, 4) is 11.3 Å². The van der Waals surface area contributed by atoms with E-state index < -0.39 is 0 Å². The summed E-state index contributed by atoms with van der Waals surface area (Å²) in [6.45, 7) is 9.92. The molecule has 0 atom stereocenters. The second-order valence-electron chi connectivity index (χ2n) is 11.1. The fourth-order valence-corrected chi connectivity index (χ4v) is 5.43. The highest BCUT2D eigenvalue weighted by atomic mass is 19.1. The van der Waals surface area contributed by atoms with E-state index in [1.807, 2.05) is 41.3 Å². The van der Waals surface area contributed by atoms with Gasteiger partial charge in [0.1, 0.15) is 11.6 Å². The average Bonchev–Trinajstić information content (AvgIpc) is 3.06. The van der Waals surface area contributed by atoms with Crippen molar-refractivity contribution in [3.05, 3.63) is 91.3 Å². The van der Waals surface area contributed by atoms with Crippen LogP contribution in [0.15, 0.2) is 85.5 Å². The molecule has 0 spiro atoms. The number of benzene rings is 3. The second kappa shape index (κ2) is 13.7. The minimum absolute atomic E-state index is 0.303. The van der Waals surface area contributed by atoms with E-state index in [9.17, 15) is 4.79 Å². The van der Waals surface area contributed by atoms with Crippen LogP contribution in [-0.4, -0.2) is 80.3 Å². The molecule has 11 heteroatoms. The standard InChI is InChI=1S/C34H37FN8O2/c1-3-33(44)37-25-7-4-6-24(20-25)30-23-32(36-27-10-11-31(29(35)22-27)43-16-18-45-19-17-43)40-34(39-30)38-26-8-5-9-28(21-26)42-14-12-41(2)13-15-42/h3-11,20-23H,1,12-19H2,2H3,(H,37,44)(H2,36,38,39,40). The van der Waals surface area contributed by atoms with Crippen molar-refractivity contribution in [1.29, 1.82) is 0 Å². The predicted molar refractivity (Wildman–Crippen MR) is 178 cm³/mol. The molecular formula is C34H37FN8O2. The summed E-state index contributed by atoms with van der Waals surface area (Å²) in [5, 5.41) is 9.43. The monoisotopic (exact) mass is 608 g/mol. The third kappa shape index (κ3) is 7.57. The fourth-order valence-electron chi connectivity index (χ4n) is 5.43. The van der Waals surface area contributed by atoms with E-state index in [-0.39, 0.29) is 11.7 Å². The highest BCUT2D eigenvalue weighted by Crippen LogP contribution is 2.30. The first-order valence-corrected chi connectivity index (χ1v) is 15.1. The number of carbonyl (C=O) groups is 1. The lowest BCUT2D eigenvalue weighted by Crippen LogP contribution is -2.44. The van der Waals surface area contributed by atoms with E-state index in [2.05, 4.69) is 51.5 Å². The molecule has 2 aliphatic rings. The Morgan fingerprint density at radius 3 is 2.38 bits per heavy atom. The fraction of sp³-hybridized carbons (Fsp3) is 0.265. The van der Waals surface area contributed by atoms with Crippen LogP contribution in [-0.2, 0) is 9.53 Å². The molecule has 0 aliphatic carbocycles. The van der Waals surface area contributed by atoms with E-state index in [4.69, 9.17) is 14.7 Å². The lowest BCUT2D eigenvalue weighted by molar-refractivity contribution is -0.111. The van der Waals surface area contributed by atoms with Crippen molar-refractivity contribution >= 4 is 46.1 Å². The SMILES string of the molecule is C=CC(=O)Nc1cccc(-c2cc(Nc3ccc(N4CCOCC4)c(F)c3)nc(Nc3cccc(N4CCN(C)CC4)c3)n2)c1. The maximum atomic E-state index is 15.2. The quantitative estimate of drug-likeness (QED) is 0.213. The Kier molecular flexibility index (Phi) is 9.18. The summed E-state index contributed by atoms with van der Waals surface area (Å²) < 4.78 is 20.6. The number of hydrogen-bond acceptors (Lipinski definition) is 9. The van der Waals surface area contributed by atoms with Crippen LogP contribution in [0.5, 0.6) is 0 Å². The van der Waals surface area contributed by atoms with E-state index in [0.717, 1.165) is 43.1 Å². The minimum Gasteiger partial charge on any atom is -0.378 e. The van der Waals surface area contributed by atoms with E-state index >= 15 is 4.39 Å². The highest BCUT2D eigenvalue weighted by molar-refractivity contribution is 5.99. The van der Waals surface area contributed by atoms with Gasteiger partial charge in [0.25, 0.3) is 0 Å². The summed E-state index contributed by atoms with van der Waals surface area (Å²) in [4.78, 5) is 28.2. The van der Waals surface area contributed by atoms with E-state index in [1.165, 1.54) is 12.1 Å². The van der Waals surface area contributed by atoms with Gasteiger partial charge >= 0.3 is 0 Å². The number of nitrogens with zero attached hydrogens (tertiary/aromatic N) is 5. The first-order chi connectivity index (χ1) is 21.9. The van der Waals surface area contributed by atoms with Crippen molar-refractivity contribution < 1.29 is 13.9 Å². The maximum absolute atomic E-state index is 15.2. The molecule has 232 valence electrons. The number of piperazine rings is 1. The molecule has 4 aromatic rings. The van der Waals surface area contributed by atoms with Crippen LogP contribution in [0.3, 0.4) is 0 Å². The van der Waals surface area contributed by atoms with Gasteiger partial charge in [-0.2, -0.15) is 4.98 Å². The molecule has 2 aliphatic heterocycles. The molecule has 1 amide bonds. The number of rotatable bonds is 9. The van der Waals surface area contributed by atoms with E-state index in [0.29, 0.717) is 60.8 Å². The largest absolute Gasteiger partial charge is 0.378 e. The number of likely N-dealkylation sites (N-methyl/N-ethyl adjacent to an activating group) is 1. The molecule has 3 heterocycles. The van der Waals surface area contributed by atoms with Crippen molar-refractivity contribution in [2.24, 2.45) is 0 Å². The Labute approximate surface area is 262 Å². The van der Waals surface area contributed by atoms with Gasteiger partial charge in [-0.15, -0.1) is 0 Å². The molecule has 1 aromatic heterocycles. The van der Waals surface area contributed by atoms with Gasteiger partial charge in [-0.3, -0.25) is 4.79 Å². The van der Waals surface area contributed by atoms with Crippen LogP contribution in [0.2, 0.25) is 0 Å². The Balaban J connectivity index is 1.30. The first-order valence-electron chi connectivity index (χ1n) is 15.1. The number of aromatic nitrogens is 2. The Morgan fingerprint density at radius 1 is 0.844 bits per heavy atom. The molecule has 6 rings (SSSR count). The van der Waals surface area contributed by atoms with Gasteiger partial charge in [0.2, 0.25) is 11.9 Å². The van der Waals surface area contributed by atoms with Crippen LogP contribution >= 0.6 is 0 Å². The third-order valence-corrected chi connectivity index (χ3v) is 7.88. The zero-order chi connectivity index (χ0) is 31.2. The molecular weight excluding hydrogens is 571 g/mol. The van der Waals surface area contributed by atoms with Gasteiger partial charge in [0, 0.05) is 73.6 Å². The summed E-state index contributed by atoms with van der Waals surface area (Å²) in [6.07, 6.45) is 1.22. The summed E-state index contributed by atoms with van der Waals surface area (Å²) in [7, 11) is 2.14. The number of amides is 1. The molecule has 0 unspecified atom stereocenters. The van der Waals surface area contributed by atoms with Crippen molar-refractivity contribution in [2.45, 2.75) is 0 Å². The van der Waals surface area contributed by atoms with Gasteiger partial charge in [-0.25, -0.2) is 9.37 Å². The lowest BCUT2D eigenvalue weighted by Gasteiger charge is -2.34.